The van der Waals surface area contributed by atoms with Crippen molar-refractivity contribution in [1.29, 1.82) is 0 Å². The van der Waals surface area contributed by atoms with Gasteiger partial charge in [0.1, 0.15) is 5.82 Å². The number of nitrogens with one attached hydrogen (secondary N) is 1. The Morgan fingerprint density at radius 1 is 1.13 bits per heavy atom. The fourth-order valence-electron chi connectivity index (χ4n) is 3.33. The lowest BCUT2D eigenvalue weighted by molar-refractivity contribution is -0.116. The third kappa shape index (κ3) is 4.97. The molecule has 1 N–H and O–H groups in total. The van der Waals surface area contributed by atoms with Crippen LogP contribution in [0.25, 0.3) is 11.4 Å². The monoisotopic (exact) mass is 444 g/mol. The molecule has 1 saturated heterocycles. The first-order valence-corrected chi connectivity index (χ1v) is 11.3. The van der Waals surface area contributed by atoms with E-state index in [4.69, 9.17) is 4.52 Å². The molecule has 1 aliphatic heterocycles. The van der Waals surface area contributed by atoms with Crippen LogP contribution in [0, 0.1) is 5.82 Å². The summed E-state index contributed by atoms with van der Waals surface area (Å²) in [6, 6.07) is 11.9. The molecule has 31 heavy (non-hydrogen) atoms. The van der Waals surface area contributed by atoms with Gasteiger partial charge in [-0.15, -0.1) is 0 Å². The maximum Gasteiger partial charge on any atom is 0.243 e. The number of carbonyl (C=O) groups excluding carboxylic acids is 1. The maximum atomic E-state index is 13.0. The SMILES string of the molecule is O=C(CCc1nc(-c2ccc(F)cc2)no1)Nc1cccc(S(=O)(=O)N2CCCC2)c1. The van der Waals surface area contributed by atoms with Crippen molar-refractivity contribution in [2.45, 2.75) is 30.6 Å². The van der Waals surface area contributed by atoms with E-state index < -0.39 is 10.0 Å². The van der Waals surface area contributed by atoms with Crippen LogP contribution in [0.4, 0.5) is 10.1 Å². The van der Waals surface area contributed by atoms with Crippen LogP contribution in [0.2, 0.25) is 0 Å². The normalized spacial score (nSPS) is 14.6. The highest BCUT2D eigenvalue weighted by Crippen LogP contribution is 2.23. The predicted molar refractivity (Wildman–Crippen MR) is 111 cm³/mol. The summed E-state index contributed by atoms with van der Waals surface area (Å²) in [4.78, 5) is 16.7. The maximum absolute atomic E-state index is 13.0. The van der Waals surface area contributed by atoms with Crippen molar-refractivity contribution in [3.05, 3.63) is 60.2 Å². The van der Waals surface area contributed by atoms with Gasteiger partial charge in [0.15, 0.2) is 0 Å². The first-order valence-electron chi connectivity index (χ1n) is 9.90. The average molecular weight is 444 g/mol. The lowest BCUT2D eigenvalue weighted by Crippen LogP contribution is -2.27. The zero-order valence-electron chi connectivity index (χ0n) is 16.6. The van der Waals surface area contributed by atoms with Crippen LogP contribution in [-0.4, -0.2) is 41.9 Å². The molecule has 1 amide bonds. The van der Waals surface area contributed by atoms with Gasteiger partial charge in [0.2, 0.25) is 27.6 Å². The fourth-order valence-corrected chi connectivity index (χ4v) is 4.89. The van der Waals surface area contributed by atoms with Crippen molar-refractivity contribution < 1.29 is 22.1 Å². The smallest absolute Gasteiger partial charge is 0.243 e. The highest BCUT2D eigenvalue weighted by atomic mass is 32.2. The van der Waals surface area contributed by atoms with E-state index in [1.807, 2.05) is 0 Å². The highest BCUT2D eigenvalue weighted by Gasteiger charge is 2.27. The van der Waals surface area contributed by atoms with Crippen LogP contribution in [0.3, 0.4) is 0 Å². The van der Waals surface area contributed by atoms with Gasteiger partial charge < -0.3 is 9.84 Å². The van der Waals surface area contributed by atoms with Crippen LogP contribution >= 0.6 is 0 Å². The number of rotatable bonds is 7. The van der Waals surface area contributed by atoms with Gasteiger partial charge in [0.05, 0.1) is 4.90 Å². The van der Waals surface area contributed by atoms with Crippen LogP contribution in [-0.2, 0) is 21.2 Å². The molecule has 0 radical (unpaired) electrons. The summed E-state index contributed by atoms with van der Waals surface area (Å²) in [5, 5.41) is 6.55. The minimum Gasteiger partial charge on any atom is -0.339 e. The van der Waals surface area contributed by atoms with Gasteiger partial charge in [0.25, 0.3) is 0 Å². The van der Waals surface area contributed by atoms with Crippen molar-refractivity contribution in [2.24, 2.45) is 0 Å². The van der Waals surface area contributed by atoms with Crippen molar-refractivity contribution >= 4 is 21.6 Å². The number of aromatic nitrogens is 2. The second-order valence-corrected chi connectivity index (χ2v) is 9.14. The Labute approximate surface area is 179 Å². The number of anilines is 1. The first-order chi connectivity index (χ1) is 14.9. The zero-order chi connectivity index (χ0) is 21.8. The van der Waals surface area contributed by atoms with E-state index in [2.05, 4.69) is 15.5 Å². The van der Waals surface area contributed by atoms with Crippen LogP contribution in [0.1, 0.15) is 25.2 Å². The largest absolute Gasteiger partial charge is 0.339 e. The quantitative estimate of drug-likeness (QED) is 0.600. The van der Waals surface area contributed by atoms with Crippen molar-refractivity contribution in [3.63, 3.8) is 0 Å². The van der Waals surface area contributed by atoms with E-state index in [1.165, 1.54) is 28.6 Å². The zero-order valence-corrected chi connectivity index (χ0v) is 17.4. The third-order valence-electron chi connectivity index (χ3n) is 4.96. The van der Waals surface area contributed by atoms with Crippen molar-refractivity contribution in [1.82, 2.24) is 14.4 Å². The summed E-state index contributed by atoms with van der Waals surface area (Å²) in [5.74, 6) is -0.0752. The van der Waals surface area contributed by atoms with Crippen LogP contribution in [0.5, 0.6) is 0 Å². The Kier molecular flexibility index (Phi) is 6.10. The Hall–Kier alpha value is -3.11. The lowest BCUT2D eigenvalue weighted by atomic mass is 10.2. The number of benzene rings is 2. The van der Waals surface area contributed by atoms with Gasteiger partial charge in [-0.1, -0.05) is 11.2 Å². The van der Waals surface area contributed by atoms with Gasteiger partial charge in [-0.3, -0.25) is 4.79 Å². The topological polar surface area (TPSA) is 105 Å². The molecule has 0 unspecified atom stereocenters. The molecule has 1 fully saturated rings. The minimum absolute atomic E-state index is 0.0775. The number of halogens is 1. The molecule has 0 aliphatic carbocycles. The number of carbonyl (C=O) groups is 1. The fraction of sp³-hybridized carbons (Fsp3) is 0.286. The Bertz CT molecular complexity index is 1170. The predicted octanol–water partition coefficient (Wildman–Crippen LogP) is 3.23. The van der Waals surface area contributed by atoms with E-state index in [1.54, 1.807) is 24.3 Å². The Balaban J connectivity index is 1.36. The lowest BCUT2D eigenvalue weighted by Gasteiger charge is -2.16. The number of aryl methyl sites for hydroxylation is 1. The van der Waals surface area contributed by atoms with Crippen molar-refractivity contribution in [3.8, 4) is 11.4 Å². The van der Waals surface area contributed by atoms with Gasteiger partial charge in [0, 0.05) is 37.2 Å². The van der Waals surface area contributed by atoms with Crippen molar-refractivity contribution in [2.75, 3.05) is 18.4 Å². The molecule has 0 spiro atoms. The van der Waals surface area contributed by atoms with Gasteiger partial charge in [-0.05, 0) is 55.3 Å². The molecule has 10 heteroatoms. The summed E-state index contributed by atoms with van der Waals surface area (Å²) in [6.07, 6.45) is 2.00. The van der Waals surface area contributed by atoms with E-state index in [-0.39, 0.29) is 35.4 Å². The summed E-state index contributed by atoms with van der Waals surface area (Å²) in [5.41, 5.74) is 1.01. The third-order valence-corrected chi connectivity index (χ3v) is 6.85. The first kappa shape index (κ1) is 21.1. The Morgan fingerprint density at radius 3 is 2.61 bits per heavy atom. The van der Waals surface area contributed by atoms with Gasteiger partial charge in [-0.2, -0.15) is 9.29 Å². The summed E-state index contributed by atoms with van der Waals surface area (Å²) < 4.78 is 45.0. The molecule has 2 heterocycles. The second-order valence-electron chi connectivity index (χ2n) is 7.21. The average Bonchev–Trinajstić information content (AvgIpc) is 3.46. The van der Waals surface area contributed by atoms with Gasteiger partial charge in [-0.25, -0.2) is 12.8 Å². The molecular formula is C21H21FN4O4S. The standard InChI is InChI=1S/C21H21FN4O4S/c22-16-8-6-15(7-9-16)21-24-20(30-25-21)11-10-19(27)23-17-4-3-5-18(14-17)31(28,29)26-12-1-2-13-26/h3-9,14H,1-2,10-13H2,(H,23,27). The summed E-state index contributed by atoms with van der Waals surface area (Å²) >= 11 is 0. The number of amides is 1. The Morgan fingerprint density at radius 2 is 1.87 bits per heavy atom. The molecule has 3 aromatic rings. The molecule has 1 aromatic heterocycles. The number of nitrogens with zero attached hydrogens (tertiary/aromatic N) is 3. The van der Waals surface area contributed by atoms with Crippen LogP contribution in [0.15, 0.2) is 57.9 Å². The number of sulfonamides is 1. The summed E-state index contributed by atoms with van der Waals surface area (Å²) in [6.45, 7) is 1.03. The van der Waals surface area contributed by atoms with E-state index in [0.29, 0.717) is 30.2 Å². The van der Waals surface area contributed by atoms with E-state index in [9.17, 15) is 17.6 Å². The van der Waals surface area contributed by atoms with E-state index in [0.717, 1.165) is 12.8 Å². The van der Waals surface area contributed by atoms with E-state index >= 15 is 0 Å². The summed E-state index contributed by atoms with van der Waals surface area (Å²) in [7, 11) is -3.55. The number of hydrogen-bond donors (Lipinski definition) is 1. The number of hydrogen-bond acceptors (Lipinski definition) is 6. The molecule has 4 rings (SSSR count). The molecule has 8 nitrogen and oxygen atoms in total. The second kappa shape index (κ2) is 8.94. The molecule has 162 valence electrons. The molecule has 0 atom stereocenters. The molecule has 2 aromatic carbocycles. The molecular weight excluding hydrogens is 423 g/mol. The molecule has 1 aliphatic rings. The molecule has 0 bridgehead atoms. The van der Waals surface area contributed by atoms with Gasteiger partial charge >= 0.3 is 0 Å². The van der Waals surface area contributed by atoms with Crippen LogP contribution < -0.4 is 5.32 Å². The minimum atomic E-state index is -3.55. The highest BCUT2D eigenvalue weighted by molar-refractivity contribution is 7.89. The molecule has 0 saturated carbocycles.